The van der Waals surface area contributed by atoms with Gasteiger partial charge in [-0.1, -0.05) is 0 Å². The first-order chi connectivity index (χ1) is 9.60. The van der Waals surface area contributed by atoms with Crippen LogP contribution in [0.5, 0.6) is 0 Å². The minimum atomic E-state index is -0.0803. The fourth-order valence-corrected chi connectivity index (χ4v) is 2.02. The number of nitrogens with two attached hydrogens (primary N) is 2. The van der Waals surface area contributed by atoms with Crippen LogP contribution in [0.4, 0.5) is 11.4 Å². The first-order valence-electron chi connectivity index (χ1n) is 6.44. The van der Waals surface area contributed by atoms with Crippen LogP contribution >= 0.6 is 0 Å². The highest BCUT2D eigenvalue weighted by atomic mass is 16.2. The van der Waals surface area contributed by atoms with Gasteiger partial charge in [0.2, 0.25) is 0 Å². The molecule has 1 heterocycles. The van der Waals surface area contributed by atoms with Crippen molar-refractivity contribution in [2.45, 2.75) is 13.5 Å². The van der Waals surface area contributed by atoms with Crippen molar-refractivity contribution in [3.05, 3.63) is 53.9 Å². The maximum atomic E-state index is 12.5. The van der Waals surface area contributed by atoms with Crippen LogP contribution in [0.1, 0.15) is 22.8 Å². The van der Waals surface area contributed by atoms with Gasteiger partial charge in [-0.05, 0) is 42.8 Å². The van der Waals surface area contributed by atoms with Crippen molar-refractivity contribution in [1.29, 1.82) is 0 Å². The predicted molar refractivity (Wildman–Crippen MR) is 79.9 cm³/mol. The Balaban J connectivity index is 2.20. The van der Waals surface area contributed by atoms with E-state index in [1.54, 1.807) is 35.5 Å². The normalized spacial score (nSPS) is 10.2. The van der Waals surface area contributed by atoms with Crippen molar-refractivity contribution in [3.8, 4) is 0 Å². The quantitative estimate of drug-likeness (QED) is 0.831. The lowest BCUT2D eigenvalue weighted by Crippen LogP contribution is -2.30. The van der Waals surface area contributed by atoms with Crippen molar-refractivity contribution in [2.24, 2.45) is 0 Å². The van der Waals surface area contributed by atoms with Crippen molar-refractivity contribution >= 4 is 17.3 Å². The second-order valence-electron chi connectivity index (χ2n) is 4.56. The Morgan fingerprint density at radius 1 is 1.15 bits per heavy atom. The Hall–Kier alpha value is -2.56. The van der Waals surface area contributed by atoms with Crippen molar-refractivity contribution in [2.75, 3.05) is 18.0 Å². The molecule has 20 heavy (non-hydrogen) atoms. The number of aromatic nitrogens is 1. The van der Waals surface area contributed by atoms with Crippen LogP contribution in [0.2, 0.25) is 0 Å². The monoisotopic (exact) mass is 270 g/mol. The number of hydrogen-bond acceptors (Lipinski definition) is 4. The molecule has 5 heteroatoms. The highest BCUT2D eigenvalue weighted by molar-refractivity contribution is 5.96. The number of benzene rings is 1. The fraction of sp³-hybridized carbons (Fsp3) is 0.200. The molecule has 1 amide bonds. The molecule has 4 N–H and O–H groups in total. The first kappa shape index (κ1) is 13.9. The van der Waals surface area contributed by atoms with Crippen molar-refractivity contribution in [1.82, 2.24) is 9.88 Å². The summed E-state index contributed by atoms with van der Waals surface area (Å²) in [6.45, 7) is 3.08. The standard InChI is InChI=1S/C15H18N4O/c1-2-19(10-11-3-5-18-6-4-11)15(20)12-7-13(16)9-14(17)8-12/h3-9H,2,10,16-17H2,1H3. The lowest BCUT2D eigenvalue weighted by molar-refractivity contribution is 0.0752. The number of hydrogen-bond donors (Lipinski definition) is 2. The van der Waals surface area contributed by atoms with Gasteiger partial charge in [-0.15, -0.1) is 0 Å². The number of anilines is 2. The van der Waals surface area contributed by atoms with E-state index in [1.165, 1.54) is 0 Å². The minimum absolute atomic E-state index is 0.0803. The average molecular weight is 270 g/mol. The van der Waals surface area contributed by atoms with Gasteiger partial charge in [-0.2, -0.15) is 0 Å². The molecule has 1 aromatic heterocycles. The predicted octanol–water partition coefficient (Wildman–Crippen LogP) is 1.91. The summed E-state index contributed by atoms with van der Waals surface area (Å²) < 4.78 is 0. The Morgan fingerprint density at radius 3 is 2.30 bits per heavy atom. The molecular formula is C15H18N4O. The van der Waals surface area contributed by atoms with Gasteiger partial charge in [0.15, 0.2) is 0 Å². The van der Waals surface area contributed by atoms with E-state index >= 15 is 0 Å². The van der Waals surface area contributed by atoms with E-state index in [2.05, 4.69) is 4.98 Å². The number of pyridine rings is 1. The Bertz CT molecular complexity index is 578. The van der Waals surface area contributed by atoms with Gasteiger partial charge >= 0.3 is 0 Å². The molecule has 0 saturated heterocycles. The summed E-state index contributed by atoms with van der Waals surface area (Å²) in [4.78, 5) is 18.2. The lowest BCUT2D eigenvalue weighted by atomic mass is 10.1. The van der Waals surface area contributed by atoms with E-state index in [-0.39, 0.29) is 5.91 Å². The lowest BCUT2D eigenvalue weighted by Gasteiger charge is -2.21. The number of nitrogen functional groups attached to an aromatic ring is 2. The number of nitrogens with zero attached hydrogens (tertiary/aromatic N) is 2. The second-order valence-corrected chi connectivity index (χ2v) is 4.56. The summed E-state index contributed by atoms with van der Waals surface area (Å²) in [6, 6.07) is 8.71. The maximum Gasteiger partial charge on any atom is 0.254 e. The van der Waals surface area contributed by atoms with Crippen molar-refractivity contribution < 1.29 is 4.79 Å². The highest BCUT2D eigenvalue weighted by Gasteiger charge is 2.15. The zero-order valence-electron chi connectivity index (χ0n) is 11.4. The molecule has 104 valence electrons. The molecule has 0 aliphatic rings. The van der Waals surface area contributed by atoms with Gasteiger partial charge in [-0.3, -0.25) is 9.78 Å². The molecule has 5 nitrogen and oxygen atoms in total. The SMILES string of the molecule is CCN(Cc1ccncc1)C(=O)c1cc(N)cc(N)c1. The smallest absolute Gasteiger partial charge is 0.254 e. The van der Waals surface area contributed by atoms with Crippen LogP contribution in [0.25, 0.3) is 0 Å². The van der Waals surface area contributed by atoms with Crippen LogP contribution in [-0.4, -0.2) is 22.3 Å². The van der Waals surface area contributed by atoms with Gasteiger partial charge < -0.3 is 16.4 Å². The molecule has 0 unspecified atom stereocenters. The molecule has 2 aromatic rings. The topological polar surface area (TPSA) is 85.2 Å². The minimum Gasteiger partial charge on any atom is -0.399 e. The highest BCUT2D eigenvalue weighted by Crippen LogP contribution is 2.16. The van der Waals surface area contributed by atoms with E-state index in [0.717, 1.165) is 5.56 Å². The summed E-state index contributed by atoms with van der Waals surface area (Å²) in [5.41, 5.74) is 14.0. The first-order valence-corrected chi connectivity index (χ1v) is 6.44. The van der Waals surface area contributed by atoms with E-state index in [4.69, 9.17) is 11.5 Å². The zero-order valence-corrected chi connectivity index (χ0v) is 11.4. The Labute approximate surface area is 118 Å². The van der Waals surface area contributed by atoms with Gasteiger partial charge in [0.05, 0.1) is 0 Å². The van der Waals surface area contributed by atoms with Gasteiger partial charge in [-0.25, -0.2) is 0 Å². The number of carbonyl (C=O) groups is 1. The molecule has 2 rings (SSSR count). The fourth-order valence-electron chi connectivity index (χ4n) is 2.02. The molecular weight excluding hydrogens is 252 g/mol. The summed E-state index contributed by atoms with van der Waals surface area (Å²) in [5, 5.41) is 0. The third-order valence-electron chi connectivity index (χ3n) is 3.02. The molecule has 0 fully saturated rings. The van der Waals surface area contributed by atoms with Crippen LogP contribution in [0, 0.1) is 0 Å². The number of carbonyl (C=O) groups excluding carboxylic acids is 1. The third kappa shape index (κ3) is 3.26. The van der Waals surface area contributed by atoms with Gasteiger partial charge in [0.25, 0.3) is 5.91 Å². The third-order valence-corrected chi connectivity index (χ3v) is 3.02. The summed E-state index contributed by atoms with van der Waals surface area (Å²) >= 11 is 0. The molecule has 0 aliphatic heterocycles. The van der Waals surface area contributed by atoms with Crippen molar-refractivity contribution in [3.63, 3.8) is 0 Å². The molecule has 0 aliphatic carbocycles. The van der Waals surface area contributed by atoms with E-state index in [9.17, 15) is 4.79 Å². The average Bonchev–Trinajstić information content (AvgIpc) is 2.44. The maximum absolute atomic E-state index is 12.5. The largest absolute Gasteiger partial charge is 0.399 e. The van der Waals surface area contributed by atoms with E-state index in [1.807, 2.05) is 19.1 Å². The van der Waals surface area contributed by atoms with Gasteiger partial charge in [0.1, 0.15) is 0 Å². The summed E-state index contributed by atoms with van der Waals surface area (Å²) in [7, 11) is 0. The van der Waals surface area contributed by atoms with Crippen LogP contribution in [0.15, 0.2) is 42.7 Å². The molecule has 1 aromatic carbocycles. The number of amides is 1. The molecule has 0 spiro atoms. The van der Waals surface area contributed by atoms with Crippen LogP contribution in [-0.2, 0) is 6.54 Å². The Kier molecular flexibility index (Phi) is 4.20. The van der Waals surface area contributed by atoms with Crippen LogP contribution in [0.3, 0.4) is 0 Å². The molecule has 0 radical (unpaired) electrons. The molecule has 0 bridgehead atoms. The summed E-state index contributed by atoms with van der Waals surface area (Å²) in [5.74, 6) is -0.0803. The second kappa shape index (κ2) is 6.06. The van der Waals surface area contributed by atoms with Gasteiger partial charge in [0, 0.05) is 42.4 Å². The number of rotatable bonds is 4. The van der Waals surface area contributed by atoms with Crippen LogP contribution < -0.4 is 11.5 Å². The summed E-state index contributed by atoms with van der Waals surface area (Å²) in [6.07, 6.45) is 3.43. The molecule has 0 saturated carbocycles. The zero-order chi connectivity index (χ0) is 14.5. The van der Waals surface area contributed by atoms with E-state index < -0.39 is 0 Å². The molecule has 0 atom stereocenters. The van der Waals surface area contributed by atoms with E-state index in [0.29, 0.717) is 30.0 Å². The Morgan fingerprint density at radius 2 is 1.75 bits per heavy atom.